The second-order valence-electron chi connectivity index (χ2n) is 7.02. The molecule has 0 fully saturated rings. The van der Waals surface area contributed by atoms with Gasteiger partial charge in [-0.25, -0.2) is 9.79 Å². The number of ether oxygens (including phenoxy) is 2. The van der Waals surface area contributed by atoms with Gasteiger partial charge in [0.15, 0.2) is 0 Å². The Morgan fingerprint density at radius 3 is 2.42 bits per heavy atom. The van der Waals surface area contributed by atoms with Gasteiger partial charge < -0.3 is 14.4 Å². The molecule has 0 amide bonds. The average Bonchev–Trinajstić information content (AvgIpc) is 3.17. The summed E-state index contributed by atoms with van der Waals surface area (Å²) >= 11 is 1.18. The summed E-state index contributed by atoms with van der Waals surface area (Å²) < 4.78 is 12.1. The molecule has 0 N–H and O–H groups in total. The molecular formula is C23H21N3O4S. The molecule has 0 saturated heterocycles. The first-order chi connectivity index (χ1) is 15.0. The molecule has 4 aromatic rings. The summed E-state index contributed by atoms with van der Waals surface area (Å²) in [6.07, 6.45) is 1.63. The summed E-state index contributed by atoms with van der Waals surface area (Å²) in [4.78, 5) is 33.5. The van der Waals surface area contributed by atoms with Crippen molar-refractivity contribution in [2.75, 3.05) is 28.3 Å². The lowest BCUT2D eigenvalue weighted by atomic mass is 10.1. The molecule has 0 spiro atoms. The van der Waals surface area contributed by atoms with Gasteiger partial charge >= 0.3 is 5.97 Å². The molecule has 0 aliphatic heterocycles. The summed E-state index contributed by atoms with van der Waals surface area (Å²) in [6, 6.07) is 14.6. The number of fused-ring (bicyclic) bond motifs is 3. The highest BCUT2D eigenvalue weighted by atomic mass is 32.1. The Morgan fingerprint density at radius 2 is 1.74 bits per heavy atom. The molecule has 2 aromatic heterocycles. The summed E-state index contributed by atoms with van der Waals surface area (Å²) in [6.45, 7) is 0. The van der Waals surface area contributed by atoms with Crippen LogP contribution >= 0.6 is 11.3 Å². The molecule has 4 rings (SSSR count). The fourth-order valence-electron chi connectivity index (χ4n) is 3.47. The number of hydrogen-bond donors (Lipinski definition) is 0. The van der Waals surface area contributed by atoms with Crippen LogP contribution in [0, 0.1) is 0 Å². The van der Waals surface area contributed by atoms with E-state index in [1.54, 1.807) is 35.0 Å². The molecule has 0 saturated carbocycles. The minimum atomic E-state index is -0.504. The Morgan fingerprint density at radius 1 is 1.06 bits per heavy atom. The van der Waals surface area contributed by atoms with E-state index in [1.165, 1.54) is 18.4 Å². The van der Waals surface area contributed by atoms with Crippen molar-refractivity contribution in [1.29, 1.82) is 0 Å². The monoisotopic (exact) mass is 435 g/mol. The number of para-hydroxylation sites is 2. The fourth-order valence-corrected chi connectivity index (χ4v) is 4.66. The summed E-state index contributed by atoms with van der Waals surface area (Å²) in [7, 11) is 6.58. The summed E-state index contributed by atoms with van der Waals surface area (Å²) in [5.74, 6) is 0.0442. The predicted molar refractivity (Wildman–Crippen MR) is 125 cm³/mol. The molecule has 158 valence electrons. The molecule has 0 aliphatic carbocycles. The van der Waals surface area contributed by atoms with Gasteiger partial charge in [0.2, 0.25) is 0 Å². The van der Waals surface area contributed by atoms with Crippen molar-refractivity contribution < 1.29 is 14.3 Å². The third-order valence-electron chi connectivity index (χ3n) is 4.81. The molecule has 2 aromatic carbocycles. The first-order valence-corrected chi connectivity index (χ1v) is 10.3. The summed E-state index contributed by atoms with van der Waals surface area (Å²) in [5, 5.41) is 1.96. The number of thiophene rings is 1. The molecule has 0 bridgehead atoms. The zero-order chi connectivity index (χ0) is 22.1. The van der Waals surface area contributed by atoms with Crippen molar-refractivity contribution in [2.24, 2.45) is 4.99 Å². The number of carbonyl (C=O) groups excluding carboxylic acids is 1. The zero-order valence-electron chi connectivity index (χ0n) is 17.6. The quantitative estimate of drug-likeness (QED) is 0.267. The third kappa shape index (κ3) is 3.44. The van der Waals surface area contributed by atoms with Crippen molar-refractivity contribution in [3.05, 3.63) is 63.8 Å². The largest absolute Gasteiger partial charge is 0.495 e. The van der Waals surface area contributed by atoms with E-state index in [0.29, 0.717) is 37.6 Å². The van der Waals surface area contributed by atoms with Crippen LogP contribution < -0.4 is 10.3 Å². The van der Waals surface area contributed by atoms with E-state index in [2.05, 4.69) is 4.99 Å². The van der Waals surface area contributed by atoms with Crippen LogP contribution in [-0.2, 0) is 4.74 Å². The van der Waals surface area contributed by atoms with Crippen molar-refractivity contribution >= 4 is 50.3 Å². The van der Waals surface area contributed by atoms with E-state index in [0.717, 1.165) is 5.39 Å². The number of hydrogen-bond acceptors (Lipinski definition) is 6. The molecule has 0 radical (unpaired) electrons. The molecule has 0 aliphatic rings. The highest BCUT2D eigenvalue weighted by Crippen LogP contribution is 2.42. The van der Waals surface area contributed by atoms with Crippen LogP contribution in [0.15, 0.2) is 58.3 Å². The lowest BCUT2D eigenvalue weighted by Gasteiger charge is -2.13. The van der Waals surface area contributed by atoms with Crippen molar-refractivity contribution in [3.8, 4) is 11.4 Å². The number of aromatic nitrogens is 1. The topological polar surface area (TPSA) is 73.1 Å². The second kappa shape index (κ2) is 8.23. The van der Waals surface area contributed by atoms with Gasteiger partial charge in [-0.1, -0.05) is 30.3 Å². The SMILES string of the molecule is COC(=O)c1sc2c(c1N=CN(C)C)c1ccccc1c(=O)n2-c1ccccc1OC. The van der Waals surface area contributed by atoms with Gasteiger partial charge in [0.05, 0.1) is 26.2 Å². The van der Waals surface area contributed by atoms with Gasteiger partial charge in [0.25, 0.3) is 5.56 Å². The highest BCUT2D eigenvalue weighted by Gasteiger charge is 2.25. The zero-order valence-corrected chi connectivity index (χ0v) is 18.4. The van der Waals surface area contributed by atoms with Crippen LogP contribution in [0.25, 0.3) is 26.7 Å². The number of benzene rings is 2. The minimum absolute atomic E-state index is 0.201. The van der Waals surface area contributed by atoms with E-state index in [1.807, 2.05) is 50.5 Å². The summed E-state index contributed by atoms with van der Waals surface area (Å²) in [5.41, 5.74) is 0.861. The Hall–Kier alpha value is -3.65. The van der Waals surface area contributed by atoms with Crippen LogP contribution in [-0.4, -0.2) is 50.1 Å². The minimum Gasteiger partial charge on any atom is -0.495 e. The fraction of sp³-hybridized carbons (Fsp3) is 0.174. The van der Waals surface area contributed by atoms with Crippen LogP contribution in [0.4, 0.5) is 5.69 Å². The van der Waals surface area contributed by atoms with Crippen LogP contribution in [0.5, 0.6) is 5.75 Å². The third-order valence-corrected chi connectivity index (χ3v) is 5.96. The number of esters is 1. The van der Waals surface area contributed by atoms with Gasteiger partial charge in [-0.2, -0.15) is 0 Å². The van der Waals surface area contributed by atoms with Gasteiger partial charge in [-0.3, -0.25) is 9.36 Å². The molecule has 0 unspecified atom stereocenters. The number of rotatable bonds is 5. The van der Waals surface area contributed by atoms with Crippen molar-refractivity contribution in [3.63, 3.8) is 0 Å². The maximum absolute atomic E-state index is 13.6. The lowest BCUT2D eigenvalue weighted by Crippen LogP contribution is -2.19. The molecule has 31 heavy (non-hydrogen) atoms. The van der Waals surface area contributed by atoms with Gasteiger partial charge in [0.1, 0.15) is 21.1 Å². The molecular weight excluding hydrogens is 414 g/mol. The first-order valence-electron chi connectivity index (χ1n) is 9.50. The highest BCUT2D eigenvalue weighted by molar-refractivity contribution is 7.21. The molecule has 0 atom stereocenters. The Kier molecular flexibility index (Phi) is 5.48. The maximum atomic E-state index is 13.6. The Balaban J connectivity index is 2.25. The Bertz CT molecular complexity index is 1390. The normalized spacial score (nSPS) is 11.4. The molecule has 2 heterocycles. The van der Waals surface area contributed by atoms with Gasteiger partial charge in [-0.15, -0.1) is 11.3 Å². The Labute approximate surface area is 182 Å². The van der Waals surface area contributed by atoms with E-state index in [-0.39, 0.29) is 5.56 Å². The van der Waals surface area contributed by atoms with Crippen LogP contribution in [0.2, 0.25) is 0 Å². The maximum Gasteiger partial charge on any atom is 0.350 e. The number of carbonyl (C=O) groups is 1. The smallest absolute Gasteiger partial charge is 0.350 e. The number of methoxy groups -OCH3 is 2. The standard InChI is InChI=1S/C23H21N3O4S/c1-25(2)13-24-19-18-14-9-5-6-10-15(14)21(27)26(16-11-7-8-12-17(16)29-3)22(18)31-20(19)23(28)30-4/h5-13H,1-4H3. The van der Waals surface area contributed by atoms with Crippen molar-refractivity contribution in [2.45, 2.75) is 0 Å². The molecule has 8 heteroatoms. The first kappa shape index (κ1) is 20.6. The van der Waals surface area contributed by atoms with E-state index >= 15 is 0 Å². The van der Waals surface area contributed by atoms with Crippen LogP contribution in [0.1, 0.15) is 9.67 Å². The second-order valence-corrected chi connectivity index (χ2v) is 8.02. The molecule has 7 nitrogen and oxygen atoms in total. The van der Waals surface area contributed by atoms with Gasteiger partial charge in [0, 0.05) is 24.9 Å². The average molecular weight is 436 g/mol. The predicted octanol–water partition coefficient (Wildman–Crippen LogP) is 4.22. The van der Waals surface area contributed by atoms with Crippen LogP contribution in [0.3, 0.4) is 0 Å². The lowest BCUT2D eigenvalue weighted by molar-refractivity contribution is 0.0607. The van der Waals surface area contributed by atoms with E-state index in [4.69, 9.17) is 9.47 Å². The van der Waals surface area contributed by atoms with Crippen molar-refractivity contribution in [1.82, 2.24) is 9.47 Å². The van der Waals surface area contributed by atoms with E-state index in [9.17, 15) is 9.59 Å². The van der Waals surface area contributed by atoms with E-state index < -0.39 is 5.97 Å². The number of aliphatic imine (C=N–C) groups is 1. The number of pyridine rings is 1. The number of nitrogens with zero attached hydrogens (tertiary/aromatic N) is 3. The van der Waals surface area contributed by atoms with Gasteiger partial charge in [-0.05, 0) is 23.6 Å².